The Balaban J connectivity index is 1.89. The van der Waals surface area contributed by atoms with Gasteiger partial charge in [0.1, 0.15) is 0 Å². The van der Waals surface area contributed by atoms with E-state index in [0.29, 0.717) is 13.1 Å². The number of carbonyl (C=O) groups is 1. The molecule has 1 amide bonds. The van der Waals surface area contributed by atoms with Crippen LogP contribution in [0.4, 0.5) is 5.69 Å². The third-order valence-corrected chi connectivity index (χ3v) is 3.74. The molecule has 0 unspecified atom stereocenters. The van der Waals surface area contributed by atoms with Crippen molar-refractivity contribution < 1.29 is 4.79 Å². The van der Waals surface area contributed by atoms with E-state index in [1.807, 2.05) is 18.2 Å². The summed E-state index contributed by atoms with van der Waals surface area (Å²) in [5, 5.41) is 6.20. The summed E-state index contributed by atoms with van der Waals surface area (Å²) >= 11 is 0. The summed E-state index contributed by atoms with van der Waals surface area (Å²) in [6.07, 6.45) is 0. The number of para-hydroxylation sites is 1. The Morgan fingerprint density at radius 2 is 1.65 bits per heavy atom. The molecule has 0 aromatic heterocycles. The molecule has 0 fully saturated rings. The Hall–Kier alpha value is -2.13. The molecule has 0 radical (unpaired) electrons. The van der Waals surface area contributed by atoms with Crippen molar-refractivity contribution in [3.8, 4) is 0 Å². The Bertz CT molecular complexity index is 654. The van der Waals surface area contributed by atoms with E-state index in [1.54, 1.807) is 0 Å². The van der Waals surface area contributed by atoms with Crippen LogP contribution in [0.25, 0.3) is 0 Å². The minimum absolute atomic E-state index is 0.000793. The number of anilines is 1. The first-order chi connectivity index (χ1) is 10.9. The molecular weight excluding hydrogens is 284 g/mol. The fourth-order valence-electron chi connectivity index (χ4n) is 2.47. The largest absolute Gasteiger partial charge is 0.325 e. The van der Waals surface area contributed by atoms with Crippen molar-refractivity contribution >= 4 is 11.6 Å². The van der Waals surface area contributed by atoms with Crippen LogP contribution >= 0.6 is 0 Å². The lowest BCUT2D eigenvalue weighted by Crippen LogP contribution is -2.28. The molecule has 0 aliphatic rings. The minimum Gasteiger partial charge on any atom is -0.325 e. The lowest BCUT2D eigenvalue weighted by molar-refractivity contribution is -0.115. The number of amides is 1. The first-order valence-corrected chi connectivity index (χ1v) is 8.02. The summed E-state index contributed by atoms with van der Waals surface area (Å²) in [5.74, 6) is -0.0196. The second-order valence-electron chi connectivity index (χ2n) is 6.93. The van der Waals surface area contributed by atoms with Crippen LogP contribution in [0.2, 0.25) is 0 Å². The first-order valence-electron chi connectivity index (χ1n) is 8.02. The van der Waals surface area contributed by atoms with Gasteiger partial charge in [-0.3, -0.25) is 4.79 Å². The van der Waals surface area contributed by atoms with E-state index in [2.05, 4.69) is 68.7 Å². The van der Waals surface area contributed by atoms with Crippen LogP contribution in [0.3, 0.4) is 0 Å². The van der Waals surface area contributed by atoms with Crippen molar-refractivity contribution in [1.29, 1.82) is 0 Å². The van der Waals surface area contributed by atoms with Gasteiger partial charge >= 0.3 is 0 Å². The van der Waals surface area contributed by atoms with E-state index < -0.39 is 0 Å². The molecule has 0 heterocycles. The molecule has 122 valence electrons. The van der Waals surface area contributed by atoms with E-state index in [4.69, 9.17) is 0 Å². The first kappa shape index (κ1) is 17.2. The van der Waals surface area contributed by atoms with E-state index >= 15 is 0 Å². The van der Waals surface area contributed by atoms with Crippen LogP contribution in [-0.4, -0.2) is 12.5 Å². The van der Waals surface area contributed by atoms with Gasteiger partial charge in [-0.05, 0) is 29.5 Å². The Kier molecular flexibility index (Phi) is 5.56. The molecule has 0 bridgehead atoms. The molecule has 2 rings (SSSR count). The molecule has 0 saturated heterocycles. The molecule has 0 saturated carbocycles. The smallest absolute Gasteiger partial charge is 0.238 e. The second kappa shape index (κ2) is 7.42. The summed E-state index contributed by atoms with van der Waals surface area (Å²) in [7, 11) is 0. The van der Waals surface area contributed by atoms with Crippen LogP contribution in [0, 0.1) is 6.92 Å². The summed E-state index contributed by atoms with van der Waals surface area (Å²) in [6, 6.07) is 16.3. The van der Waals surface area contributed by atoms with Crippen LogP contribution in [0.15, 0.2) is 48.5 Å². The van der Waals surface area contributed by atoms with Gasteiger partial charge in [0.15, 0.2) is 0 Å². The Labute approximate surface area is 139 Å². The maximum Gasteiger partial charge on any atom is 0.238 e. The zero-order valence-corrected chi connectivity index (χ0v) is 14.4. The van der Waals surface area contributed by atoms with Gasteiger partial charge in [-0.2, -0.15) is 0 Å². The summed E-state index contributed by atoms with van der Waals surface area (Å²) in [6.45, 7) is 9.49. The Morgan fingerprint density at radius 3 is 2.30 bits per heavy atom. The molecule has 0 aliphatic heterocycles. The number of hydrogen-bond donors (Lipinski definition) is 2. The van der Waals surface area contributed by atoms with E-state index in [9.17, 15) is 4.79 Å². The average Bonchev–Trinajstić information content (AvgIpc) is 2.49. The Morgan fingerprint density at radius 1 is 1.00 bits per heavy atom. The van der Waals surface area contributed by atoms with Crippen molar-refractivity contribution in [1.82, 2.24) is 5.32 Å². The van der Waals surface area contributed by atoms with Crippen molar-refractivity contribution in [3.05, 3.63) is 65.2 Å². The van der Waals surface area contributed by atoms with Gasteiger partial charge in [0.2, 0.25) is 5.91 Å². The normalized spacial score (nSPS) is 11.3. The standard InChI is InChI=1S/C20H26N2O/c1-15-9-11-16(12-10-15)13-21-14-19(23)22-18-8-6-5-7-17(18)20(2,3)4/h5-12,21H,13-14H2,1-4H3,(H,22,23). The van der Waals surface area contributed by atoms with Crippen LogP contribution < -0.4 is 10.6 Å². The number of rotatable bonds is 5. The van der Waals surface area contributed by atoms with E-state index in [0.717, 1.165) is 11.3 Å². The second-order valence-corrected chi connectivity index (χ2v) is 6.93. The molecule has 23 heavy (non-hydrogen) atoms. The number of aryl methyl sites for hydroxylation is 1. The number of carbonyl (C=O) groups excluding carboxylic acids is 1. The molecule has 3 heteroatoms. The third-order valence-electron chi connectivity index (χ3n) is 3.74. The maximum absolute atomic E-state index is 12.2. The van der Waals surface area contributed by atoms with Crippen molar-refractivity contribution in [3.63, 3.8) is 0 Å². The van der Waals surface area contributed by atoms with Crippen molar-refractivity contribution in [2.45, 2.75) is 39.7 Å². The van der Waals surface area contributed by atoms with Crippen molar-refractivity contribution in [2.24, 2.45) is 0 Å². The van der Waals surface area contributed by atoms with Crippen LogP contribution in [0.1, 0.15) is 37.5 Å². The van der Waals surface area contributed by atoms with E-state index in [1.165, 1.54) is 11.1 Å². The molecule has 2 aromatic carbocycles. The average molecular weight is 310 g/mol. The topological polar surface area (TPSA) is 41.1 Å². The molecule has 0 spiro atoms. The monoisotopic (exact) mass is 310 g/mol. The molecule has 2 aromatic rings. The van der Waals surface area contributed by atoms with Gasteiger partial charge in [-0.15, -0.1) is 0 Å². The SMILES string of the molecule is Cc1ccc(CNCC(=O)Nc2ccccc2C(C)(C)C)cc1. The van der Waals surface area contributed by atoms with Gasteiger partial charge in [0.05, 0.1) is 6.54 Å². The lowest BCUT2D eigenvalue weighted by Gasteiger charge is -2.23. The van der Waals surface area contributed by atoms with Crippen LogP contribution in [0.5, 0.6) is 0 Å². The zero-order valence-electron chi connectivity index (χ0n) is 14.4. The highest BCUT2D eigenvalue weighted by Gasteiger charge is 2.18. The highest BCUT2D eigenvalue weighted by molar-refractivity contribution is 5.93. The predicted molar refractivity (Wildman–Crippen MR) is 96.7 cm³/mol. The molecule has 0 atom stereocenters. The van der Waals surface area contributed by atoms with Gasteiger partial charge in [-0.1, -0.05) is 68.8 Å². The fourth-order valence-corrected chi connectivity index (χ4v) is 2.47. The fraction of sp³-hybridized carbons (Fsp3) is 0.350. The van der Waals surface area contributed by atoms with Gasteiger partial charge < -0.3 is 10.6 Å². The summed E-state index contributed by atoms with van der Waals surface area (Å²) in [4.78, 5) is 12.2. The molecular formula is C20H26N2O. The summed E-state index contributed by atoms with van der Waals surface area (Å²) < 4.78 is 0. The van der Waals surface area contributed by atoms with Crippen LogP contribution in [-0.2, 0) is 16.8 Å². The number of hydrogen-bond acceptors (Lipinski definition) is 2. The molecule has 0 aliphatic carbocycles. The summed E-state index contributed by atoms with van der Waals surface area (Å²) in [5.41, 5.74) is 4.46. The third kappa shape index (κ3) is 5.22. The van der Waals surface area contributed by atoms with Gasteiger partial charge in [0.25, 0.3) is 0 Å². The quantitative estimate of drug-likeness (QED) is 0.875. The number of nitrogens with one attached hydrogen (secondary N) is 2. The molecule has 3 nitrogen and oxygen atoms in total. The number of benzene rings is 2. The maximum atomic E-state index is 12.2. The van der Waals surface area contributed by atoms with Gasteiger partial charge in [-0.25, -0.2) is 0 Å². The highest BCUT2D eigenvalue weighted by Crippen LogP contribution is 2.29. The van der Waals surface area contributed by atoms with E-state index in [-0.39, 0.29) is 11.3 Å². The highest BCUT2D eigenvalue weighted by atomic mass is 16.1. The van der Waals surface area contributed by atoms with Gasteiger partial charge in [0, 0.05) is 12.2 Å². The van der Waals surface area contributed by atoms with Crippen molar-refractivity contribution in [2.75, 3.05) is 11.9 Å². The minimum atomic E-state index is -0.0196. The lowest BCUT2D eigenvalue weighted by atomic mass is 9.86. The zero-order chi connectivity index (χ0) is 16.9. The predicted octanol–water partition coefficient (Wildman–Crippen LogP) is 4.02. The molecule has 2 N–H and O–H groups in total.